The summed E-state index contributed by atoms with van der Waals surface area (Å²) in [5.41, 5.74) is 0.316. The van der Waals surface area contributed by atoms with Crippen molar-refractivity contribution in [3.63, 3.8) is 0 Å². The van der Waals surface area contributed by atoms with Crippen LogP contribution >= 0.6 is 23.2 Å². The number of pyridine rings is 1. The molecule has 0 aliphatic carbocycles. The number of nitrogens with zero attached hydrogens (tertiary/aromatic N) is 2. The van der Waals surface area contributed by atoms with Crippen molar-refractivity contribution in [2.24, 2.45) is 0 Å². The van der Waals surface area contributed by atoms with Gasteiger partial charge >= 0.3 is 0 Å². The van der Waals surface area contributed by atoms with Gasteiger partial charge in [0, 0.05) is 6.20 Å². The first-order valence-electron chi connectivity index (χ1n) is 4.21. The Morgan fingerprint density at radius 2 is 2.07 bits per heavy atom. The molecular weight excluding hydrogens is 239 g/mol. The zero-order valence-electron chi connectivity index (χ0n) is 7.54. The second kappa shape index (κ2) is 3.79. The van der Waals surface area contributed by atoms with Crippen molar-refractivity contribution >= 4 is 40.6 Å². The highest BCUT2D eigenvalue weighted by molar-refractivity contribution is 6.39. The van der Waals surface area contributed by atoms with E-state index in [0.717, 1.165) is 0 Å². The smallest absolute Gasteiger partial charge is 0.235 e. The zero-order valence-corrected chi connectivity index (χ0v) is 9.05. The van der Waals surface area contributed by atoms with E-state index >= 15 is 0 Å². The molecule has 2 rings (SSSR count). The fourth-order valence-electron chi connectivity index (χ4n) is 1.44. The fourth-order valence-corrected chi connectivity index (χ4v) is 1.99. The second-order valence-electron chi connectivity index (χ2n) is 3.13. The number of anilines is 1. The molecule has 0 atom stereocenters. The first-order valence-corrected chi connectivity index (χ1v) is 4.97. The molecule has 2 heterocycles. The summed E-state index contributed by atoms with van der Waals surface area (Å²) < 4.78 is 0. The topological polar surface area (TPSA) is 50.3 Å². The van der Waals surface area contributed by atoms with Crippen molar-refractivity contribution in [1.29, 1.82) is 0 Å². The third-order valence-electron chi connectivity index (χ3n) is 2.08. The highest BCUT2D eigenvalue weighted by atomic mass is 35.5. The molecule has 1 aliphatic heterocycles. The maximum atomic E-state index is 11.4. The van der Waals surface area contributed by atoms with Gasteiger partial charge in [-0.3, -0.25) is 9.59 Å². The Balaban J connectivity index is 2.46. The first kappa shape index (κ1) is 10.4. The number of carbonyl (C=O) groups excluding carboxylic acids is 2. The lowest BCUT2D eigenvalue weighted by atomic mass is 10.3. The van der Waals surface area contributed by atoms with Crippen molar-refractivity contribution < 1.29 is 9.59 Å². The van der Waals surface area contributed by atoms with Gasteiger partial charge in [-0.2, -0.15) is 0 Å². The minimum Gasteiger partial charge on any atom is -0.300 e. The Morgan fingerprint density at radius 3 is 2.60 bits per heavy atom. The highest BCUT2D eigenvalue weighted by Gasteiger charge is 2.31. The molecule has 1 aliphatic rings. The summed E-state index contributed by atoms with van der Waals surface area (Å²) in [7, 11) is 0. The molecular formula is C9H6Cl2N2O2. The standard InChI is InChI=1S/C9H6Cl2N2O2/c10-6-1-2-12-9(11)8(6)13-4-5(14)3-7(13)15/h1-2H,3-4H2. The van der Waals surface area contributed by atoms with Gasteiger partial charge in [0.1, 0.15) is 5.69 Å². The van der Waals surface area contributed by atoms with E-state index in [2.05, 4.69) is 4.98 Å². The minimum atomic E-state index is -0.295. The van der Waals surface area contributed by atoms with Gasteiger partial charge in [0.05, 0.1) is 18.0 Å². The number of hydrogen-bond donors (Lipinski definition) is 0. The average molecular weight is 245 g/mol. The van der Waals surface area contributed by atoms with Gasteiger partial charge in [-0.05, 0) is 6.07 Å². The van der Waals surface area contributed by atoms with Gasteiger partial charge < -0.3 is 4.90 Å². The number of amides is 1. The molecule has 0 bridgehead atoms. The minimum absolute atomic E-state index is 0.0178. The molecule has 6 heteroatoms. The molecule has 4 nitrogen and oxygen atoms in total. The number of halogens is 2. The van der Waals surface area contributed by atoms with Crippen LogP contribution in [0.4, 0.5) is 5.69 Å². The van der Waals surface area contributed by atoms with Crippen LogP contribution in [-0.2, 0) is 9.59 Å². The molecule has 1 amide bonds. The van der Waals surface area contributed by atoms with E-state index in [9.17, 15) is 9.59 Å². The van der Waals surface area contributed by atoms with Gasteiger partial charge in [0.25, 0.3) is 0 Å². The quantitative estimate of drug-likeness (QED) is 0.558. The lowest BCUT2D eigenvalue weighted by Crippen LogP contribution is -2.25. The van der Waals surface area contributed by atoms with E-state index in [1.165, 1.54) is 17.2 Å². The number of rotatable bonds is 1. The van der Waals surface area contributed by atoms with Crippen LogP contribution in [0.5, 0.6) is 0 Å². The average Bonchev–Trinajstić information content (AvgIpc) is 2.45. The van der Waals surface area contributed by atoms with Crippen molar-refractivity contribution in [1.82, 2.24) is 4.98 Å². The summed E-state index contributed by atoms with van der Waals surface area (Å²) in [6, 6.07) is 1.53. The van der Waals surface area contributed by atoms with Crippen LogP contribution < -0.4 is 4.90 Å². The monoisotopic (exact) mass is 244 g/mol. The molecule has 1 fully saturated rings. The van der Waals surface area contributed by atoms with Crippen molar-refractivity contribution in [3.05, 3.63) is 22.4 Å². The number of ketones is 1. The van der Waals surface area contributed by atoms with Gasteiger partial charge in [0.2, 0.25) is 5.91 Å². The number of hydrogen-bond acceptors (Lipinski definition) is 3. The predicted molar refractivity (Wildman–Crippen MR) is 56.2 cm³/mol. The summed E-state index contributed by atoms with van der Waals surface area (Å²) >= 11 is 11.7. The van der Waals surface area contributed by atoms with Crippen LogP contribution in [0.2, 0.25) is 10.2 Å². The van der Waals surface area contributed by atoms with E-state index in [1.807, 2.05) is 0 Å². The van der Waals surface area contributed by atoms with Crippen LogP contribution in [0.15, 0.2) is 12.3 Å². The van der Waals surface area contributed by atoms with Crippen molar-refractivity contribution in [2.75, 3.05) is 11.4 Å². The maximum Gasteiger partial charge on any atom is 0.235 e. The van der Waals surface area contributed by atoms with E-state index < -0.39 is 0 Å². The van der Waals surface area contributed by atoms with Crippen LogP contribution in [-0.4, -0.2) is 23.2 Å². The molecule has 0 radical (unpaired) electrons. The van der Waals surface area contributed by atoms with Gasteiger partial charge in [0.15, 0.2) is 10.9 Å². The van der Waals surface area contributed by atoms with E-state index in [-0.39, 0.29) is 29.8 Å². The Labute approximate surface area is 95.8 Å². The molecule has 15 heavy (non-hydrogen) atoms. The molecule has 1 aromatic heterocycles. The second-order valence-corrected chi connectivity index (χ2v) is 3.89. The van der Waals surface area contributed by atoms with E-state index in [4.69, 9.17) is 23.2 Å². The maximum absolute atomic E-state index is 11.4. The fraction of sp³-hybridized carbons (Fsp3) is 0.222. The summed E-state index contributed by atoms with van der Waals surface area (Å²) in [5.74, 6) is -0.437. The summed E-state index contributed by atoms with van der Waals surface area (Å²) in [6.07, 6.45) is 1.35. The third-order valence-corrected chi connectivity index (χ3v) is 2.67. The Kier molecular flexibility index (Phi) is 2.63. The third kappa shape index (κ3) is 1.82. The van der Waals surface area contributed by atoms with Gasteiger partial charge in [-0.25, -0.2) is 4.98 Å². The SMILES string of the molecule is O=C1CC(=O)N(c2c(Cl)ccnc2Cl)C1. The summed E-state index contributed by atoms with van der Waals surface area (Å²) in [5, 5.41) is 0.448. The number of Topliss-reactive ketones (excluding diaryl/α,β-unsaturated/α-hetero) is 1. The molecule has 0 spiro atoms. The molecule has 1 saturated heterocycles. The largest absolute Gasteiger partial charge is 0.300 e. The van der Waals surface area contributed by atoms with Gasteiger partial charge in [-0.1, -0.05) is 23.2 Å². The zero-order chi connectivity index (χ0) is 11.0. The molecule has 0 N–H and O–H groups in total. The Bertz CT molecular complexity index is 427. The van der Waals surface area contributed by atoms with E-state index in [0.29, 0.717) is 10.7 Å². The van der Waals surface area contributed by atoms with Gasteiger partial charge in [-0.15, -0.1) is 0 Å². The van der Waals surface area contributed by atoms with Crippen molar-refractivity contribution in [3.8, 4) is 0 Å². The van der Waals surface area contributed by atoms with Crippen LogP contribution in [0.3, 0.4) is 0 Å². The lowest BCUT2D eigenvalue weighted by molar-refractivity contribution is -0.121. The lowest BCUT2D eigenvalue weighted by Gasteiger charge is -2.16. The molecule has 0 unspecified atom stereocenters. The highest BCUT2D eigenvalue weighted by Crippen LogP contribution is 2.33. The van der Waals surface area contributed by atoms with Crippen LogP contribution in [0.25, 0.3) is 0 Å². The Morgan fingerprint density at radius 1 is 1.33 bits per heavy atom. The summed E-state index contributed by atoms with van der Waals surface area (Å²) in [6.45, 7) is 0.0178. The molecule has 0 saturated carbocycles. The van der Waals surface area contributed by atoms with Crippen molar-refractivity contribution in [2.45, 2.75) is 6.42 Å². The number of carbonyl (C=O) groups is 2. The summed E-state index contributed by atoms with van der Waals surface area (Å²) in [4.78, 5) is 27.6. The predicted octanol–water partition coefficient (Wildman–Crippen LogP) is 1.69. The van der Waals surface area contributed by atoms with E-state index in [1.54, 1.807) is 0 Å². The Hall–Kier alpha value is -1.13. The van der Waals surface area contributed by atoms with Crippen LogP contribution in [0, 0.1) is 0 Å². The van der Waals surface area contributed by atoms with Crippen LogP contribution in [0.1, 0.15) is 6.42 Å². The first-order chi connectivity index (χ1) is 7.09. The molecule has 0 aromatic carbocycles. The molecule has 1 aromatic rings. The normalized spacial score (nSPS) is 16.3. The number of aromatic nitrogens is 1. The molecule has 78 valence electrons.